The van der Waals surface area contributed by atoms with Crippen molar-refractivity contribution in [1.29, 1.82) is 0 Å². The fourth-order valence-electron chi connectivity index (χ4n) is 3.39. The molecule has 1 fully saturated rings. The van der Waals surface area contributed by atoms with Crippen molar-refractivity contribution in [2.24, 2.45) is 11.1 Å². The Labute approximate surface area is 99.0 Å². The van der Waals surface area contributed by atoms with Gasteiger partial charge in [0.05, 0.1) is 0 Å². The highest BCUT2D eigenvalue weighted by Crippen LogP contribution is 2.58. The van der Waals surface area contributed by atoms with E-state index in [0.717, 1.165) is 6.54 Å². The summed E-state index contributed by atoms with van der Waals surface area (Å²) in [5.41, 5.74) is 8.31. The lowest BCUT2D eigenvalue weighted by Crippen LogP contribution is -2.53. The number of rotatable bonds is 4. The fraction of sp³-hybridized carbons (Fsp3) is 0.600. The summed E-state index contributed by atoms with van der Waals surface area (Å²) in [6.07, 6.45) is 5.12. The maximum absolute atomic E-state index is 6.03. The number of nitrogens with two attached hydrogens (primary N) is 1. The molecule has 0 aromatic heterocycles. The minimum atomic E-state index is 0.271. The number of benzene rings is 1. The Morgan fingerprint density at radius 3 is 2.06 bits per heavy atom. The Bertz CT molecular complexity index is 330. The molecular formula is C15H23N. The topological polar surface area (TPSA) is 26.0 Å². The second kappa shape index (κ2) is 4.21. The molecule has 1 nitrogen and oxygen atoms in total. The third-order valence-electron chi connectivity index (χ3n) is 4.70. The van der Waals surface area contributed by atoms with Crippen molar-refractivity contribution in [3.05, 3.63) is 35.9 Å². The molecule has 0 bridgehead atoms. The van der Waals surface area contributed by atoms with Gasteiger partial charge in [0.2, 0.25) is 0 Å². The van der Waals surface area contributed by atoms with Crippen LogP contribution in [0.1, 0.15) is 45.1 Å². The van der Waals surface area contributed by atoms with Gasteiger partial charge in [-0.2, -0.15) is 0 Å². The zero-order chi connectivity index (χ0) is 11.6. The monoisotopic (exact) mass is 217 g/mol. The summed E-state index contributed by atoms with van der Waals surface area (Å²) in [7, 11) is 0. The van der Waals surface area contributed by atoms with E-state index in [2.05, 4.69) is 44.2 Å². The van der Waals surface area contributed by atoms with E-state index in [1.54, 1.807) is 0 Å². The van der Waals surface area contributed by atoms with Crippen LogP contribution in [-0.2, 0) is 5.41 Å². The zero-order valence-electron chi connectivity index (χ0n) is 10.5. The first-order valence-electron chi connectivity index (χ1n) is 6.46. The highest BCUT2D eigenvalue weighted by atomic mass is 14.7. The minimum absolute atomic E-state index is 0.271. The van der Waals surface area contributed by atoms with Crippen LogP contribution in [0.15, 0.2) is 30.3 Å². The van der Waals surface area contributed by atoms with Crippen molar-refractivity contribution < 1.29 is 0 Å². The highest BCUT2D eigenvalue weighted by molar-refractivity contribution is 5.31. The molecule has 0 unspecified atom stereocenters. The molecule has 0 radical (unpaired) electrons. The van der Waals surface area contributed by atoms with Crippen LogP contribution in [0.2, 0.25) is 0 Å². The molecule has 0 saturated heterocycles. The van der Waals surface area contributed by atoms with E-state index in [1.165, 1.54) is 31.2 Å². The van der Waals surface area contributed by atoms with Crippen molar-refractivity contribution >= 4 is 0 Å². The lowest BCUT2D eigenvalue weighted by Gasteiger charge is -2.56. The molecular weight excluding hydrogens is 194 g/mol. The SMILES string of the molecule is CCC1(CC)CC(CN)(c2ccccc2)C1. The van der Waals surface area contributed by atoms with Gasteiger partial charge in [0, 0.05) is 12.0 Å². The number of hydrogen-bond acceptors (Lipinski definition) is 1. The maximum Gasteiger partial charge on any atom is 0.00861 e. The maximum atomic E-state index is 6.03. The molecule has 1 heteroatoms. The highest BCUT2D eigenvalue weighted by Gasteiger charge is 2.52. The standard InChI is InChI=1S/C15H23N/c1-3-14(4-2)10-15(11-14,12-16)13-8-6-5-7-9-13/h5-9H,3-4,10-12,16H2,1-2H3. The smallest absolute Gasteiger partial charge is 0.00861 e. The quantitative estimate of drug-likeness (QED) is 0.821. The van der Waals surface area contributed by atoms with Crippen LogP contribution < -0.4 is 5.73 Å². The summed E-state index contributed by atoms with van der Waals surface area (Å²) in [6.45, 7) is 5.42. The molecule has 1 aromatic rings. The summed E-state index contributed by atoms with van der Waals surface area (Å²) in [5, 5.41) is 0. The van der Waals surface area contributed by atoms with E-state index in [9.17, 15) is 0 Å². The van der Waals surface area contributed by atoms with E-state index in [0.29, 0.717) is 5.41 Å². The third kappa shape index (κ3) is 1.67. The van der Waals surface area contributed by atoms with Crippen molar-refractivity contribution in [3.63, 3.8) is 0 Å². The summed E-state index contributed by atoms with van der Waals surface area (Å²) in [4.78, 5) is 0. The van der Waals surface area contributed by atoms with Crippen LogP contribution in [0, 0.1) is 5.41 Å². The first-order chi connectivity index (χ1) is 7.70. The van der Waals surface area contributed by atoms with Gasteiger partial charge < -0.3 is 5.73 Å². The Morgan fingerprint density at radius 2 is 1.62 bits per heavy atom. The van der Waals surface area contributed by atoms with Crippen molar-refractivity contribution in [3.8, 4) is 0 Å². The Balaban J connectivity index is 2.20. The van der Waals surface area contributed by atoms with Gasteiger partial charge in [0.15, 0.2) is 0 Å². The van der Waals surface area contributed by atoms with Crippen LogP contribution in [0.4, 0.5) is 0 Å². The summed E-state index contributed by atoms with van der Waals surface area (Å²) in [6, 6.07) is 10.8. The lowest BCUT2D eigenvalue weighted by atomic mass is 9.48. The molecule has 2 rings (SSSR count). The molecule has 1 aliphatic carbocycles. The molecule has 16 heavy (non-hydrogen) atoms. The van der Waals surface area contributed by atoms with E-state index >= 15 is 0 Å². The molecule has 2 N–H and O–H groups in total. The Hall–Kier alpha value is -0.820. The Kier molecular flexibility index (Phi) is 3.07. The summed E-state index contributed by atoms with van der Waals surface area (Å²) >= 11 is 0. The van der Waals surface area contributed by atoms with E-state index in [4.69, 9.17) is 5.73 Å². The molecule has 88 valence electrons. The van der Waals surface area contributed by atoms with Gasteiger partial charge in [0.25, 0.3) is 0 Å². The fourth-order valence-corrected chi connectivity index (χ4v) is 3.39. The third-order valence-corrected chi connectivity index (χ3v) is 4.70. The summed E-state index contributed by atoms with van der Waals surface area (Å²) in [5.74, 6) is 0. The van der Waals surface area contributed by atoms with E-state index in [1.807, 2.05) is 0 Å². The molecule has 0 spiro atoms. The second-order valence-electron chi connectivity index (χ2n) is 5.41. The van der Waals surface area contributed by atoms with Gasteiger partial charge in [-0.25, -0.2) is 0 Å². The van der Waals surface area contributed by atoms with Gasteiger partial charge in [-0.1, -0.05) is 57.0 Å². The zero-order valence-corrected chi connectivity index (χ0v) is 10.5. The molecule has 0 amide bonds. The van der Waals surface area contributed by atoms with Crippen LogP contribution in [0.5, 0.6) is 0 Å². The Morgan fingerprint density at radius 1 is 1.06 bits per heavy atom. The number of hydrogen-bond donors (Lipinski definition) is 1. The van der Waals surface area contributed by atoms with Crippen molar-refractivity contribution in [2.45, 2.75) is 44.9 Å². The van der Waals surface area contributed by atoms with Crippen LogP contribution >= 0.6 is 0 Å². The van der Waals surface area contributed by atoms with Crippen LogP contribution in [-0.4, -0.2) is 6.54 Å². The average molecular weight is 217 g/mol. The first kappa shape index (κ1) is 11.7. The molecule has 1 aromatic carbocycles. The van der Waals surface area contributed by atoms with Gasteiger partial charge >= 0.3 is 0 Å². The lowest BCUT2D eigenvalue weighted by molar-refractivity contribution is 0.0183. The molecule has 0 aliphatic heterocycles. The normalized spacial score (nSPS) is 21.4. The predicted molar refractivity (Wildman–Crippen MR) is 69.4 cm³/mol. The largest absolute Gasteiger partial charge is 0.330 e. The minimum Gasteiger partial charge on any atom is -0.330 e. The van der Waals surface area contributed by atoms with E-state index in [-0.39, 0.29) is 5.41 Å². The van der Waals surface area contributed by atoms with Crippen molar-refractivity contribution in [1.82, 2.24) is 0 Å². The van der Waals surface area contributed by atoms with Gasteiger partial charge in [-0.05, 0) is 23.8 Å². The van der Waals surface area contributed by atoms with Gasteiger partial charge in [-0.3, -0.25) is 0 Å². The van der Waals surface area contributed by atoms with E-state index < -0.39 is 0 Å². The first-order valence-corrected chi connectivity index (χ1v) is 6.46. The molecule has 1 saturated carbocycles. The molecule has 0 atom stereocenters. The predicted octanol–water partition coefficient (Wildman–Crippen LogP) is 3.48. The molecule has 1 aliphatic rings. The molecule has 0 heterocycles. The van der Waals surface area contributed by atoms with Crippen LogP contribution in [0.3, 0.4) is 0 Å². The van der Waals surface area contributed by atoms with Gasteiger partial charge in [0.1, 0.15) is 0 Å². The average Bonchev–Trinajstić information content (AvgIpc) is 2.31. The second-order valence-corrected chi connectivity index (χ2v) is 5.41. The van der Waals surface area contributed by atoms with Gasteiger partial charge in [-0.15, -0.1) is 0 Å². The van der Waals surface area contributed by atoms with Crippen molar-refractivity contribution in [2.75, 3.05) is 6.54 Å². The van der Waals surface area contributed by atoms with Crippen LogP contribution in [0.25, 0.3) is 0 Å². The summed E-state index contributed by atoms with van der Waals surface area (Å²) < 4.78 is 0.